The summed E-state index contributed by atoms with van der Waals surface area (Å²) in [7, 11) is 9.79. The van der Waals surface area contributed by atoms with E-state index in [4.69, 9.17) is 4.74 Å². The maximum Gasteiger partial charge on any atom is 0.193 e. The van der Waals surface area contributed by atoms with Gasteiger partial charge in [0.15, 0.2) is 5.96 Å². The van der Waals surface area contributed by atoms with Crippen molar-refractivity contribution in [2.45, 2.75) is 13.0 Å². The maximum absolute atomic E-state index is 5.09. The van der Waals surface area contributed by atoms with Gasteiger partial charge in [-0.1, -0.05) is 0 Å². The Morgan fingerprint density at radius 3 is 2.62 bits per heavy atom. The molecule has 0 aliphatic heterocycles. The lowest BCUT2D eigenvalue weighted by Gasteiger charge is -2.23. The number of aryl methyl sites for hydroxylation is 1. The second-order valence-corrected chi connectivity index (χ2v) is 6.66. The lowest BCUT2D eigenvalue weighted by Crippen LogP contribution is -2.40. The van der Waals surface area contributed by atoms with Crippen LogP contribution in [0, 0.1) is 0 Å². The summed E-state index contributed by atoms with van der Waals surface area (Å²) >= 11 is 3.51. The number of rotatable bonds is 9. The number of nitrogens with one attached hydrogen (secondary N) is 1. The molecule has 0 unspecified atom stereocenters. The van der Waals surface area contributed by atoms with E-state index in [0.29, 0.717) is 0 Å². The summed E-state index contributed by atoms with van der Waals surface area (Å²) in [4.78, 5) is 8.78. The molecule has 1 N–H and O–H groups in total. The molecule has 0 aromatic carbocycles. The molecule has 0 bridgehead atoms. The van der Waals surface area contributed by atoms with Gasteiger partial charge in [-0.05, 0) is 42.0 Å². The molecule has 0 radical (unpaired) electrons. The van der Waals surface area contributed by atoms with E-state index in [1.165, 1.54) is 5.69 Å². The number of nitrogens with zero attached hydrogens (tertiary/aromatic N) is 4. The summed E-state index contributed by atoms with van der Waals surface area (Å²) in [5.74, 6) is 0.918. The largest absolute Gasteiger partial charge is 0.383 e. The summed E-state index contributed by atoms with van der Waals surface area (Å²) in [6.07, 6.45) is 3.14. The highest BCUT2D eigenvalue weighted by molar-refractivity contribution is 14.0. The molecule has 0 spiro atoms. The highest BCUT2D eigenvalue weighted by Crippen LogP contribution is 2.14. The van der Waals surface area contributed by atoms with E-state index in [2.05, 4.69) is 74.0 Å². The van der Waals surface area contributed by atoms with Gasteiger partial charge in [-0.3, -0.25) is 4.99 Å². The Kier molecular flexibility index (Phi) is 12.8. The minimum absolute atomic E-state index is 0. The number of hydrogen-bond donors (Lipinski definition) is 1. The first-order chi connectivity index (χ1) is 11.0. The second kappa shape index (κ2) is 13.0. The van der Waals surface area contributed by atoms with Crippen LogP contribution in [0.4, 0.5) is 0 Å². The summed E-state index contributed by atoms with van der Waals surface area (Å²) < 4.78 is 8.31. The van der Waals surface area contributed by atoms with Gasteiger partial charge < -0.3 is 24.4 Å². The first-order valence-corrected chi connectivity index (χ1v) is 8.67. The molecule has 8 heteroatoms. The zero-order chi connectivity index (χ0) is 17.2. The molecule has 140 valence electrons. The quantitative estimate of drug-likeness (QED) is 0.237. The highest BCUT2D eigenvalue weighted by Gasteiger charge is 2.09. The molecule has 24 heavy (non-hydrogen) atoms. The average molecular weight is 516 g/mol. The van der Waals surface area contributed by atoms with E-state index in [1.54, 1.807) is 7.11 Å². The fourth-order valence-corrected chi connectivity index (χ4v) is 2.91. The zero-order valence-corrected chi connectivity index (χ0v) is 19.3. The van der Waals surface area contributed by atoms with Gasteiger partial charge >= 0.3 is 0 Å². The van der Waals surface area contributed by atoms with Crippen molar-refractivity contribution in [3.63, 3.8) is 0 Å². The van der Waals surface area contributed by atoms with Crippen LogP contribution in [0.15, 0.2) is 21.7 Å². The molecule has 0 fully saturated rings. The number of guanidine groups is 1. The molecule has 6 nitrogen and oxygen atoms in total. The standard InChI is InChI=1S/C16H30BrN5O.HI/c1-18-16(19-7-6-8-20(2)9-10-23-5)22(4)13-15-11-14(17)12-21(15)3;/h11-12H,6-10,13H2,1-5H3,(H,18,19);1H. The van der Waals surface area contributed by atoms with E-state index < -0.39 is 0 Å². The molecule has 0 aliphatic rings. The van der Waals surface area contributed by atoms with Crippen LogP contribution in [0.5, 0.6) is 0 Å². The van der Waals surface area contributed by atoms with Crippen molar-refractivity contribution in [1.82, 2.24) is 19.7 Å². The number of ether oxygens (including phenoxy) is 1. The second-order valence-electron chi connectivity index (χ2n) is 5.74. The van der Waals surface area contributed by atoms with Crippen LogP contribution in [0.25, 0.3) is 0 Å². The Labute approximate surface area is 171 Å². The van der Waals surface area contributed by atoms with E-state index in [0.717, 1.165) is 49.6 Å². The van der Waals surface area contributed by atoms with Crippen LogP contribution < -0.4 is 5.32 Å². The Morgan fingerprint density at radius 1 is 1.38 bits per heavy atom. The third-order valence-electron chi connectivity index (χ3n) is 3.72. The van der Waals surface area contributed by atoms with Crippen LogP contribution in [-0.4, -0.2) is 74.8 Å². The van der Waals surface area contributed by atoms with E-state index in [9.17, 15) is 0 Å². The van der Waals surface area contributed by atoms with E-state index in [-0.39, 0.29) is 24.0 Å². The van der Waals surface area contributed by atoms with Crippen LogP contribution >= 0.6 is 39.9 Å². The van der Waals surface area contributed by atoms with Crippen molar-refractivity contribution in [3.8, 4) is 0 Å². The van der Waals surface area contributed by atoms with Crippen LogP contribution in [-0.2, 0) is 18.3 Å². The Morgan fingerprint density at radius 2 is 2.08 bits per heavy atom. The van der Waals surface area contributed by atoms with Crippen molar-refractivity contribution in [1.29, 1.82) is 0 Å². The fraction of sp³-hybridized carbons (Fsp3) is 0.688. The molecule has 0 aliphatic carbocycles. The highest BCUT2D eigenvalue weighted by atomic mass is 127. The van der Waals surface area contributed by atoms with E-state index >= 15 is 0 Å². The SMILES string of the molecule is CN=C(NCCCN(C)CCOC)N(C)Cc1cc(Br)cn1C.I. The number of aromatic nitrogens is 1. The number of hydrogen-bond acceptors (Lipinski definition) is 3. The summed E-state index contributed by atoms with van der Waals surface area (Å²) in [6.45, 7) is 4.51. The molecule has 0 atom stereocenters. The van der Waals surface area contributed by atoms with Crippen LogP contribution in [0.1, 0.15) is 12.1 Å². The number of aliphatic imine (C=N–C) groups is 1. The molecular formula is C16H31BrIN5O. The summed E-state index contributed by atoms with van der Waals surface area (Å²) in [6, 6.07) is 2.13. The van der Waals surface area contributed by atoms with Gasteiger partial charge in [0.1, 0.15) is 0 Å². The van der Waals surface area contributed by atoms with Gasteiger partial charge in [0.2, 0.25) is 0 Å². The molecule has 0 saturated heterocycles. The van der Waals surface area contributed by atoms with Gasteiger partial charge in [-0.15, -0.1) is 24.0 Å². The van der Waals surface area contributed by atoms with Crippen LogP contribution in [0.2, 0.25) is 0 Å². The van der Waals surface area contributed by atoms with Crippen molar-refractivity contribution in [2.24, 2.45) is 12.0 Å². The minimum Gasteiger partial charge on any atom is -0.383 e. The van der Waals surface area contributed by atoms with Gasteiger partial charge in [0.05, 0.1) is 13.2 Å². The first kappa shape index (κ1) is 23.7. The van der Waals surface area contributed by atoms with Crippen molar-refractivity contribution in [2.75, 3.05) is 54.5 Å². The molecule has 1 aromatic rings. The lowest BCUT2D eigenvalue weighted by molar-refractivity contribution is 0.161. The number of halogens is 2. The van der Waals surface area contributed by atoms with Gasteiger partial charge in [0.25, 0.3) is 0 Å². The normalized spacial score (nSPS) is 11.5. The predicted molar refractivity (Wildman–Crippen MR) is 115 cm³/mol. The van der Waals surface area contributed by atoms with Crippen molar-refractivity contribution >= 4 is 45.9 Å². The lowest BCUT2D eigenvalue weighted by atomic mass is 10.3. The Balaban J connectivity index is 0.00000529. The maximum atomic E-state index is 5.09. The molecular weight excluding hydrogens is 485 g/mol. The van der Waals surface area contributed by atoms with Gasteiger partial charge in [-0.2, -0.15) is 0 Å². The summed E-state index contributed by atoms with van der Waals surface area (Å²) in [5, 5.41) is 3.42. The minimum atomic E-state index is 0. The Bertz CT molecular complexity index is 495. The molecule has 1 aromatic heterocycles. The molecule has 0 amide bonds. The fourth-order valence-electron chi connectivity index (χ4n) is 2.33. The topological polar surface area (TPSA) is 45.0 Å². The third kappa shape index (κ3) is 8.68. The van der Waals surface area contributed by atoms with Gasteiger partial charge in [-0.25, -0.2) is 0 Å². The molecule has 1 heterocycles. The zero-order valence-electron chi connectivity index (χ0n) is 15.4. The van der Waals surface area contributed by atoms with Crippen LogP contribution in [0.3, 0.4) is 0 Å². The van der Waals surface area contributed by atoms with Gasteiger partial charge in [0, 0.05) is 57.7 Å². The molecule has 0 saturated carbocycles. The van der Waals surface area contributed by atoms with Crippen molar-refractivity contribution in [3.05, 3.63) is 22.4 Å². The monoisotopic (exact) mass is 515 g/mol. The van der Waals surface area contributed by atoms with E-state index in [1.807, 2.05) is 7.05 Å². The first-order valence-electron chi connectivity index (χ1n) is 7.88. The third-order valence-corrected chi connectivity index (χ3v) is 4.16. The number of likely N-dealkylation sites (N-methyl/N-ethyl adjacent to an activating group) is 1. The number of methoxy groups -OCH3 is 1. The smallest absolute Gasteiger partial charge is 0.193 e. The predicted octanol–water partition coefficient (Wildman–Crippen LogP) is 2.38. The molecule has 1 rings (SSSR count). The average Bonchev–Trinajstić information content (AvgIpc) is 2.82. The summed E-state index contributed by atoms with van der Waals surface area (Å²) in [5.41, 5.74) is 1.24. The Hall–Kier alpha value is -0.320. The van der Waals surface area contributed by atoms with Crippen molar-refractivity contribution < 1.29 is 4.74 Å².